The van der Waals surface area contributed by atoms with Crippen LogP contribution in [0.2, 0.25) is 0 Å². The van der Waals surface area contributed by atoms with Crippen LogP contribution < -0.4 is 10.1 Å². The Balaban J connectivity index is 1.69. The molecule has 0 saturated carbocycles. The lowest BCUT2D eigenvalue weighted by molar-refractivity contribution is -0.124. The number of halogens is 1. The number of nitrogens with one attached hydrogen (secondary N) is 1. The first kappa shape index (κ1) is 17.7. The van der Waals surface area contributed by atoms with Crippen LogP contribution in [0.3, 0.4) is 0 Å². The molecule has 23 heavy (non-hydrogen) atoms. The summed E-state index contributed by atoms with van der Waals surface area (Å²) in [5.41, 5.74) is 0. The molecule has 1 fully saturated rings. The molecule has 2 unspecified atom stereocenters. The molecular weight excluding hydrogens is 299 g/mol. The molecule has 0 aromatic heterocycles. The molecule has 0 aliphatic carbocycles. The summed E-state index contributed by atoms with van der Waals surface area (Å²) in [7, 11) is 0. The van der Waals surface area contributed by atoms with Crippen molar-refractivity contribution in [2.45, 2.75) is 38.3 Å². The second-order valence-electron chi connectivity index (χ2n) is 5.94. The molecule has 2 N–H and O–H groups in total. The van der Waals surface area contributed by atoms with Crippen LogP contribution in [-0.2, 0) is 4.79 Å². The summed E-state index contributed by atoms with van der Waals surface area (Å²) >= 11 is 0. The van der Waals surface area contributed by atoms with Gasteiger partial charge in [-0.1, -0.05) is 6.42 Å². The van der Waals surface area contributed by atoms with Gasteiger partial charge in [-0.05, 0) is 44.0 Å². The van der Waals surface area contributed by atoms with Crippen molar-refractivity contribution in [1.29, 1.82) is 0 Å². The summed E-state index contributed by atoms with van der Waals surface area (Å²) in [5.74, 6) is 0.199. The van der Waals surface area contributed by atoms with Crippen LogP contribution in [0.15, 0.2) is 24.3 Å². The van der Waals surface area contributed by atoms with Gasteiger partial charge >= 0.3 is 0 Å². The van der Waals surface area contributed by atoms with Gasteiger partial charge in [0.05, 0.1) is 19.7 Å². The largest absolute Gasteiger partial charge is 0.492 e. The third-order valence-corrected chi connectivity index (χ3v) is 4.24. The molecule has 6 heteroatoms. The van der Waals surface area contributed by atoms with E-state index in [1.54, 1.807) is 12.1 Å². The van der Waals surface area contributed by atoms with E-state index in [0.717, 1.165) is 19.3 Å². The summed E-state index contributed by atoms with van der Waals surface area (Å²) in [5, 5.41) is 12.2. The molecule has 1 aromatic carbocycles. The fourth-order valence-electron chi connectivity index (χ4n) is 2.93. The third-order valence-electron chi connectivity index (χ3n) is 4.24. The molecular formula is C17H25FN2O3. The maximum Gasteiger partial charge on any atom is 0.234 e. The van der Waals surface area contributed by atoms with E-state index in [0.29, 0.717) is 31.5 Å². The summed E-state index contributed by atoms with van der Waals surface area (Å²) in [4.78, 5) is 14.1. The Morgan fingerprint density at radius 2 is 2.13 bits per heavy atom. The molecule has 1 amide bonds. The van der Waals surface area contributed by atoms with E-state index >= 15 is 0 Å². The highest BCUT2D eigenvalue weighted by atomic mass is 19.1. The lowest BCUT2D eigenvalue weighted by Crippen LogP contribution is -2.51. The van der Waals surface area contributed by atoms with Gasteiger partial charge in [-0.25, -0.2) is 4.39 Å². The number of rotatable bonds is 7. The second-order valence-corrected chi connectivity index (χ2v) is 5.94. The van der Waals surface area contributed by atoms with Crippen LogP contribution in [0.4, 0.5) is 4.39 Å². The summed E-state index contributed by atoms with van der Waals surface area (Å²) in [6.07, 6.45) is 3.08. The van der Waals surface area contributed by atoms with E-state index in [4.69, 9.17) is 4.74 Å². The van der Waals surface area contributed by atoms with Gasteiger partial charge in [0.15, 0.2) is 0 Å². The Hall–Kier alpha value is -1.66. The van der Waals surface area contributed by atoms with Crippen molar-refractivity contribution in [2.75, 3.05) is 26.3 Å². The van der Waals surface area contributed by atoms with Crippen LogP contribution in [0.1, 0.15) is 26.2 Å². The van der Waals surface area contributed by atoms with Gasteiger partial charge in [0, 0.05) is 12.1 Å². The number of piperidine rings is 1. The quantitative estimate of drug-likeness (QED) is 0.747. The van der Waals surface area contributed by atoms with Crippen molar-refractivity contribution in [1.82, 2.24) is 10.2 Å². The molecule has 1 saturated heterocycles. The van der Waals surface area contributed by atoms with E-state index in [1.807, 2.05) is 0 Å². The number of carbonyl (C=O) groups is 1. The normalized spacial score (nSPS) is 21.9. The first-order valence-corrected chi connectivity index (χ1v) is 8.12. The Morgan fingerprint density at radius 3 is 2.83 bits per heavy atom. The van der Waals surface area contributed by atoms with Crippen molar-refractivity contribution < 1.29 is 19.0 Å². The molecule has 1 aromatic rings. The lowest BCUT2D eigenvalue weighted by atomic mass is 9.97. The van der Waals surface area contributed by atoms with Crippen LogP contribution >= 0.6 is 0 Å². The number of ether oxygens (including phenoxy) is 1. The smallest absolute Gasteiger partial charge is 0.234 e. The Kier molecular flexibility index (Phi) is 6.80. The fraction of sp³-hybridized carbons (Fsp3) is 0.588. The highest BCUT2D eigenvalue weighted by Gasteiger charge is 2.28. The number of carbonyl (C=O) groups excluding carboxylic acids is 1. The number of hydrogen-bond donors (Lipinski definition) is 2. The minimum atomic E-state index is -0.306. The number of likely N-dealkylation sites (tertiary alicyclic amines) is 1. The Morgan fingerprint density at radius 1 is 1.39 bits per heavy atom. The minimum Gasteiger partial charge on any atom is -0.492 e. The van der Waals surface area contributed by atoms with E-state index in [9.17, 15) is 14.3 Å². The zero-order chi connectivity index (χ0) is 16.7. The number of aliphatic hydroxyl groups excluding tert-OH is 1. The fourth-order valence-corrected chi connectivity index (χ4v) is 2.93. The summed E-state index contributed by atoms with van der Waals surface area (Å²) in [6, 6.07) is 6.15. The number of hydrogen-bond acceptors (Lipinski definition) is 4. The van der Waals surface area contributed by atoms with Crippen LogP contribution in [0, 0.1) is 5.82 Å². The van der Waals surface area contributed by atoms with Gasteiger partial charge in [-0.2, -0.15) is 0 Å². The van der Waals surface area contributed by atoms with Crippen molar-refractivity contribution in [3.8, 4) is 5.75 Å². The average Bonchev–Trinajstić information content (AvgIpc) is 2.55. The molecule has 0 radical (unpaired) electrons. The number of amides is 1. The first-order chi connectivity index (χ1) is 11.1. The highest BCUT2D eigenvalue weighted by Crippen LogP contribution is 2.21. The van der Waals surface area contributed by atoms with Crippen molar-refractivity contribution in [2.24, 2.45) is 0 Å². The molecule has 1 aliphatic rings. The van der Waals surface area contributed by atoms with Crippen molar-refractivity contribution in [3.63, 3.8) is 0 Å². The summed E-state index contributed by atoms with van der Waals surface area (Å²) in [6.45, 7) is 3.19. The van der Waals surface area contributed by atoms with E-state index in [1.165, 1.54) is 12.1 Å². The number of nitrogens with zero attached hydrogens (tertiary/aromatic N) is 1. The van der Waals surface area contributed by atoms with Gasteiger partial charge < -0.3 is 15.2 Å². The molecule has 0 spiro atoms. The number of aliphatic hydroxyl groups is 1. The van der Waals surface area contributed by atoms with Gasteiger partial charge in [0.1, 0.15) is 18.2 Å². The topological polar surface area (TPSA) is 61.8 Å². The van der Waals surface area contributed by atoms with Gasteiger partial charge in [-0.15, -0.1) is 0 Å². The molecule has 5 nitrogen and oxygen atoms in total. The Bertz CT molecular complexity index is 495. The highest BCUT2D eigenvalue weighted by molar-refractivity contribution is 5.78. The van der Waals surface area contributed by atoms with Crippen molar-refractivity contribution in [3.05, 3.63) is 30.1 Å². The maximum absolute atomic E-state index is 12.8. The zero-order valence-electron chi connectivity index (χ0n) is 13.5. The minimum absolute atomic E-state index is 0.0694. The van der Waals surface area contributed by atoms with Crippen LogP contribution in [0.25, 0.3) is 0 Å². The van der Waals surface area contributed by atoms with E-state index in [-0.39, 0.29) is 24.4 Å². The van der Waals surface area contributed by atoms with E-state index < -0.39 is 0 Å². The first-order valence-electron chi connectivity index (χ1n) is 8.12. The molecule has 128 valence electrons. The standard InChI is InChI=1S/C17H25FN2O3/c1-13-3-2-4-15(12-21)20(13)11-17(22)19-9-10-23-16-7-5-14(18)6-8-16/h5-8,13,15,21H,2-4,9-12H2,1H3,(H,19,22). The zero-order valence-corrected chi connectivity index (χ0v) is 13.5. The average molecular weight is 324 g/mol. The van der Waals surface area contributed by atoms with E-state index in [2.05, 4.69) is 17.1 Å². The number of benzene rings is 1. The van der Waals surface area contributed by atoms with Crippen LogP contribution in [-0.4, -0.2) is 54.3 Å². The molecule has 2 rings (SSSR count). The molecule has 2 atom stereocenters. The third kappa shape index (κ3) is 5.48. The molecule has 1 aliphatic heterocycles. The Labute approximate surface area is 136 Å². The second kappa shape index (κ2) is 8.84. The SMILES string of the molecule is CC1CCCC(CO)N1CC(=O)NCCOc1ccc(F)cc1. The predicted molar refractivity (Wildman–Crippen MR) is 85.8 cm³/mol. The molecule has 0 bridgehead atoms. The van der Waals surface area contributed by atoms with Gasteiger partial charge in [0.25, 0.3) is 0 Å². The maximum atomic E-state index is 12.8. The van der Waals surface area contributed by atoms with Crippen LogP contribution in [0.5, 0.6) is 5.75 Å². The van der Waals surface area contributed by atoms with Gasteiger partial charge in [0.2, 0.25) is 5.91 Å². The van der Waals surface area contributed by atoms with Gasteiger partial charge in [-0.3, -0.25) is 9.69 Å². The molecule has 1 heterocycles. The van der Waals surface area contributed by atoms with Crippen molar-refractivity contribution >= 4 is 5.91 Å². The summed E-state index contributed by atoms with van der Waals surface area (Å²) < 4.78 is 18.2. The predicted octanol–water partition coefficient (Wildman–Crippen LogP) is 1.56. The monoisotopic (exact) mass is 324 g/mol. The lowest BCUT2D eigenvalue weighted by Gasteiger charge is -2.39.